The van der Waals surface area contributed by atoms with Crippen molar-refractivity contribution in [3.63, 3.8) is 0 Å². The van der Waals surface area contributed by atoms with Gasteiger partial charge in [-0.15, -0.1) is 10.2 Å². The summed E-state index contributed by atoms with van der Waals surface area (Å²) in [5.74, 6) is 0.0550. The number of nitrogens with zero attached hydrogens (tertiary/aromatic N) is 3. The zero-order chi connectivity index (χ0) is 13.4. The number of hydrogen-bond acceptors (Lipinski definition) is 4. The first kappa shape index (κ1) is 10.5. The van der Waals surface area contributed by atoms with E-state index in [0.717, 1.165) is 6.42 Å². The van der Waals surface area contributed by atoms with Gasteiger partial charge in [-0.05, 0) is 30.4 Å². The van der Waals surface area contributed by atoms with E-state index in [0.29, 0.717) is 11.3 Å². The molecule has 0 N–H and O–H groups in total. The first-order chi connectivity index (χ1) is 9.75. The molecular weight excluding hydrogens is 254 g/mol. The zero-order valence-electron chi connectivity index (χ0n) is 10.6. The molecule has 2 heterocycles. The lowest BCUT2D eigenvalue weighted by Crippen LogP contribution is -2.41. The highest BCUT2D eigenvalue weighted by molar-refractivity contribution is 6.15. The van der Waals surface area contributed by atoms with E-state index in [9.17, 15) is 9.59 Å². The van der Waals surface area contributed by atoms with Gasteiger partial charge in [-0.2, -0.15) is 0 Å². The van der Waals surface area contributed by atoms with Crippen molar-refractivity contribution in [2.24, 2.45) is 23.7 Å². The number of fused-ring (bicyclic) bond motifs is 8. The fourth-order valence-corrected chi connectivity index (χ4v) is 4.16. The van der Waals surface area contributed by atoms with Crippen molar-refractivity contribution in [3.8, 4) is 0 Å². The Hall–Kier alpha value is -2.30. The van der Waals surface area contributed by atoms with Crippen molar-refractivity contribution in [2.45, 2.75) is 6.42 Å². The van der Waals surface area contributed by atoms with Gasteiger partial charge in [-0.3, -0.25) is 14.0 Å². The second-order valence-electron chi connectivity index (χ2n) is 5.86. The minimum Gasteiger partial charge on any atom is -0.295 e. The molecule has 20 heavy (non-hydrogen) atoms. The molecule has 5 nitrogen and oxygen atoms in total. The topological polar surface area (TPSA) is 64.3 Å². The van der Waals surface area contributed by atoms with Crippen LogP contribution in [0.2, 0.25) is 0 Å². The summed E-state index contributed by atoms with van der Waals surface area (Å²) in [6, 6.07) is 3.60. The number of rotatable bonds is 0. The van der Waals surface area contributed by atoms with Gasteiger partial charge < -0.3 is 0 Å². The quantitative estimate of drug-likeness (QED) is 0.678. The molecular formula is C15H11N3O2. The molecule has 5 heteroatoms. The van der Waals surface area contributed by atoms with Crippen molar-refractivity contribution in [1.82, 2.24) is 14.6 Å². The second kappa shape index (κ2) is 3.23. The first-order valence-electron chi connectivity index (χ1n) is 6.86. The normalized spacial score (nSPS) is 33.8. The third-order valence-electron chi connectivity index (χ3n) is 4.98. The van der Waals surface area contributed by atoms with Crippen LogP contribution in [0.3, 0.4) is 0 Å². The Kier molecular flexibility index (Phi) is 1.69. The maximum Gasteiger partial charge on any atom is 0.189 e. The lowest BCUT2D eigenvalue weighted by atomic mass is 9.72. The second-order valence-corrected chi connectivity index (χ2v) is 5.86. The third-order valence-corrected chi connectivity index (χ3v) is 4.98. The Bertz CT molecular complexity index is 820. The van der Waals surface area contributed by atoms with E-state index in [2.05, 4.69) is 22.3 Å². The summed E-state index contributed by atoms with van der Waals surface area (Å²) in [6.45, 7) is 0. The van der Waals surface area contributed by atoms with Gasteiger partial charge in [0.15, 0.2) is 22.9 Å². The van der Waals surface area contributed by atoms with Gasteiger partial charge in [0.25, 0.3) is 0 Å². The maximum absolute atomic E-state index is 12.9. The number of ketones is 2. The lowest BCUT2D eigenvalue weighted by molar-refractivity contribution is 0.0708. The van der Waals surface area contributed by atoms with Gasteiger partial charge in [0.2, 0.25) is 0 Å². The molecule has 2 aromatic rings. The minimum atomic E-state index is -0.215. The van der Waals surface area contributed by atoms with Crippen LogP contribution < -0.4 is 0 Å². The minimum absolute atomic E-state index is 0.00968. The summed E-state index contributed by atoms with van der Waals surface area (Å²) in [4.78, 5) is 25.6. The van der Waals surface area contributed by atoms with Crippen LogP contribution in [-0.2, 0) is 0 Å². The Labute approximate surface area is 114 Å². The van der Waals surface area contributed by atoms with Gasteiger partial charge in [-0.1, -0.05) is 12.2 Å². The highest BCUT2D eigenvalue weighted by Gasteiger charge is 2.56. The molecule has 0 spiro atoms. The van der Waals surface area contributed by atoms with Crippen LogP contribution in [-0.4, -0.2) is 26.2 Å². The predicted octanol–water partition coefficient (Wildman–Crippen LogP) is 1.55. The van der Waals surface area contributed by atoms with E-state index in [-0.39, 0.29) is 40.9 Å². The molecule has 0 saturated heterocycles. The van der Waals surface area contributed by atoms with Gasteiger partial charge in [0, 0.05) is 18.0 Å². The lowest BCUT2D eigenvalue weighted by Gasteiger charge is -2.30. The fraction of sp³-hybridized carbons (Fsp3) is 0.333. The van der Waals surface area contributed by atoms with Gasteiger partial charge >= 0.3 is 0 Å². The fourth-order valence-electron chi connectivity index (χ4n) is 4.16. The molecule has 0 aromatic carbocycles. The molecule has 0 radical (unpaired) electrons. The van der Waals surface area contributed by atoms with Crippen LogP contribution in [0.4, 0.5) is 0 Å². The van der Waals surface area contributed by atoms with Gasteiger partial charge in [0.1, 0.15) is 5.69 Å². The van der Waals surface area contributed by atoms with E-state index in [1.807, 2.05) is 6.07 Å². The smallest absolute Gasteiger partial charge is 0.189 e. The first-order valence-corrected chi connectivity index (χ1v) is 6.86. The number of carbonyl (C=O) groups excluding carboxylic acids is 2. The Morgan fingerprint density at radius 3 is 2.60 bits per heavy atom. The summed E-state index contributed by atoms with van der Waals surface area (Å²) in [7, 11) is 0. The van der Waals surface area contributed by atoms with Crippen LogP contribution >= 0.6 is 0 Å². The molecule has 0 amide bonds. The number of Topliss-reactive ketones (excluding diaryl/α,β-unsaturated/α-hetero) is 2. The highest BCUT2D eigenvalue weighted by Crippen LogP contribution is 2.52. The van der Waals surface area contributed by atoms with Crippen molar-refractivity contribution in [1.29, 1.82) is 0 Å². The molecule has 4 unspecified atom stereocenters. The van der Waals surface area contributed by atoms with Gasteiger partial charge in [-0.25, -0.2) is 0 Å². The molecule has 1 saturated carbocycles. The average Bonchev–Trinajstić information content (AvgIpc) is 3.16. The standard InChI is InChI=1S/C15H11N3O2/c19-14-10-7-3-4-8(6-7)11(10)15(20)13-12(14)17-16-9-2-1-5-18(9)13/h1-5,7-8,10-11H,6H2. The maximum atomic E-state index is 12.9. The predicted molar refractivity (Wildman–Crippen MR) is 69.4 cm³/mol. The van der Waals surface area contributed by atoms with Crippen LogP contribution in [0, 0.1) is 23.7 Å². The number of allylic oxidation sites excluding steroid dienone is 2. The average molecular weight is 265 g/mol. The van der Waals surface area contributed by atoms with Crippen LogP contribution in [0.1, 0.15) is 27.4 Å². The molecule has 3 aliphatic rings. The van der Waals surface area contributed by atoms with E-state index in [1.54, 1.807) is 16.7 Å². The summed E-state index contributed by atoms with van der Waals surface area (Å²) in [5, 5.41) is 8.07. The van der Waals surface area contributed by atoms with E-state index in [4.69, 9.17) is 0 Å². The monoisotopic (exact) mass is 265 g/mol. The molecule has 3 aliphatic carbocycles. The molecule has 4 atom stereocenters. The highest BCUT2D eigenvalue weighted by atomic mass is 16.1. The van der Waals surface area contributed by atoms with Crippen LogP contribution in [0.5, 0.6) is 0 Å². The molecule has 0 aliphatic heterocycles. The van der Waals surface area contributed by atoms with Crippen LogP contribution in [0.25, 0.3) is 5.65 Å². The summed E-state index contributed by atoms with van der Waals surface area (Å²) >= 11 is 0. The number of carbonyl (C=O) groups is 2. The Morgan fingerprint density at radius 1 is 1.05 bits per heavy atom. The molecule has 98 valence electrons. The van der Waals surface area contributed by atoms with Crippen LogP contribution in [0.15, 0.2) is 30.5 Å². The summed E-state index contributed by atoms with van der Waals surface area (Å²) < 4.78 is 1.70. The molecule has 2 bridgehead atoms. The SMILES string of the molecule is O=C1c2nnc3cccn3c2C(=O)C2C3C=CC(C3)C12. The summed E-state index contributed by atoms with van der Waals surface area (Å²) in [5.41, 5.74) is 1.29. The number of hydrogen-bond donors (Lipinski definition) is 0. The van der Waals surface area contributed by atoms with E-state index in [1.165, 1.54) is 0 Å². The Morgan fingerprint density at radius 2 is 1.80 bits per heavy atom. The zero-order valence-corrected chi connectivity index (χ0v) is 10.6. The molecule has 5 rings (SSSR count). The van der Waals surface area contributed by atoms with Crippen molar-refractivity contribution >= 4 is 17.2 Å². The van der Waals surface area contributed by atoms with Crippen molar-refractivity contribution < 1.29 is 9.59 Å². The number of aromatic nitrogens is 3. The van der Waals surface area contributed by atoms with E-state index >= 15 is 0 Å². The molecule has 2 aromatic heterocycles. The summed E-state index contributed by atoms with van der Waals surface area (Å²) in [6.07, 6.45) is 6.88. The van der Waals surface area contributed by atoms with Crippen molar-refractivity contribution in [3.05, 3.63) is 41.9 Å². The van der Waals surface area contributed by atoms with Crippen molar-refractivity contribution in [2.75, 3.05) is 0 Å². The third kappa shape index (κ3) is 1.02. The van der Waals surface area contributed by atoms with E-state index < -0.39 is 0 Å². The Balaban J connectivity index is 1.83. The molecule has 1 fully saturated rings. The van der Waals surface area contributed by atoms with Gasteiger partial charge in [0.05, 0.1) is 0 Å². The largest absolute Gasteiger partial charge is 0.295 e.